The van der Waals surface area contributed by atoms with Crippen molar-refractivity contribution in [2.24, 2.45) is 4.99 Å². The third-order valence-corrected chi connectivity index (χ3v) is 3.49. The lowest BCUT2D eigenvalue weighted by Crippen LogP contribution is -2.37. The van der Waals surface area contributed by atoms with Crippen molar-refractivity contribution in [1.82, 2.24) is 25.8 Å². The molecule has 0 aliphatic carbocycles. The smallest absolute Gasteiger partial charge is 0.191 e. The van der Waals surface area contributed by atoms with E-state index in [1.807, 2.05) is 31.2 Å². The van der Waals surface area contributed by atoms with Crippen LogP contribution in [0.3, 0.4) is 0 Å². The molecule has 1 aromatic carbocycles. The van der Waals surface area contributed by atoms with Gasteiger partial charge < -0.3 is 20.1 Å². The van der Waals surface area contributed by atoms with E-state index in [9.17, 15) is 0 Å². The molecule has 0 aliphatic heterocycles. The number of nitrogens with zero attached hydrogens (tertiary/aromatic N) is 3. The summed E-state index contributed by atoms with van der Waals surface area (Å²) in [7, 11) is 3.38. The summed E-state index contributed by atoms with van der Waals surface area (Å²) in [4.78, 5) is 8.67. The number of H-pyrrole nitrogens is 1. The number of benzene rings is 1. The van der Waals surface area contributed by atoms with E-state index in [2.05, 4.69) is 30.8 Å². The van der Waals surface area contributed by atoms with E-state index in [0.717, 1.165) is 49.3 Å². The second-order valence-corrected chi connectivity index (χ2v) is 5.24. The van der Waals surface area contributed by atoms with E-state index in [0.29, 0.717) is 12.4 Å². The van der Waals surface area contributed by atoms with Gasteiger partial charge in [-0.15, -0.1) is 0 Å². The highest BCUT2D eigenvalue weighted by atomic mass is 16.5. The first-order valence-electron chi connectivity index (χ1n) is 8.34. The first-order valence-corrected chi connectivity index (χ1v) is 8.34. The maximum atomic E-state index is 5.31. The Morgan fingerprint density at radius 3 is 2.72 bits per heavy atom. The quantitative estimate of drug-likeness (QED) is 0.362. The number of ether oxygens (including phenoxy) is 2. The maximum Gasteiger partial charge on any atom is 0.191 e. The Balaban J connectivity index is 1.81. The van der Waals surface area contributed by atoms with Crippen molar-refractivity contribution in [1.29, 1.82) is 0 Å². The monoisotopic (exact) mass is 346 g/mol. The lowest BCUT2D eigenvalue weighted by molar-refractivity contribution is 0.145. The summed E-state index contributed by atoms with van der Waals surface area (Å²) in [5.74, 6) is 2.92. The zero-order valence-electron chi connectivity index (χ0n) is 15.0. The molecular formula is C17H26N6O2. The number of guanidine groups is 1. The lowest BCUT2D eigenvalue weighted by atomic mass is 10.2. The summed E-state index contributed by atoms with van der Waals surface area (Å²) in [6.45, 7) is 4.79. The largest absolute Gasteiger partial charge is 0.497 e. The van der Waals surface area contributed by atoms with Gasteiger partial charge in [-0.05, 0) is 37.6 Å². The molecule has 0 atom stereocenters. The van der Waals surface area contributed by atoms with Crippen molar-refractivity contribution >= 4 is 5.96 Å². The van der Waals surface area contributed by atoms with Crippen molar-refractivity contribution in [3.05, 3.63) is 30.1 Å². The normalized spacial score (nSPS) is 11.4. The highest BCUT2D eigenvalue weighted by Crippen LogP contribution is 2.18. The van der Waals surface area contributed by atoms with Crippen molar-refractivity contribution in [3.63, 3.8) is 0 Å². The van der Waals surface area contributed by atoms with Gasteiger partial charge in [0.25, 0.3) is 0 Å². The fraction of sp³-hybridized carbons (Fsp3) is 0.471. The van der Waals surface area contributed by atoms with Gasteiger partial charge in [-0.1, -0.05) is 0 Å². The van der Waals surface area contributed by atoms with E-state index < -0.39 is 0 Å². The Kier molecular flexibility index (Phi) is 7.71. The summed E-state index contributed by atoms with van der Waals surface area (Å²) in [5, 5.41) is 13.6. The predicted molar refractivity (Wildman–Crippen MR) is 97.7 cm³/mol. The number of hydrogen-bond acceptors (Lipinski definition) is 5. The minimum atomic E-state index is 0.508. The van der Waals surface area contributed by atoms with Crippen LogP contribution in [0.1, 0.15) is 19.2 Å². The van der Waals surface area contributed by atoms with Gasteiger partial charge in [0, 0.05) is 32.4 Å². The zero-order chi connectivity index (χ0) is 17.9. The third-order valence-electron chi connectivity index (χ3n) is 3.49. The topological polar surface area (TPSA) is 96.4 Å². The van der Waals surface area contributed by atoms with Crippen LogP contribution in [-0.4, -0.2) is 55.1 Å². The number of nitrogens with one attached hydrogen (secondary N) is 3. The van der Waals surface area contributed by atoms with Gasteiger partial charge in [0.1, 0.15) is 11.6 Å². The molecule has 0 unspecified atom stereocenters. The van der Waals surface area contributed by atoms with Gasteiger partial charge >= 0.3 is 0 Å². The molecule has 0 amide bonds. The molecule has 0 fully saturated rings. The second-order valence-electron chi connectivity index (χ2n) is 5.24. The van der Waals surface area contributed by atoms with Crippen LogP contribution in [0.2, 0.25) is 0 Å². The Bertz CT molecular complexity index is 653. The number of aromatic nitrogens is 3. The molecule has 2 rings (SSSR count). The highest BCUT2D eigenvalue weighted by Gasteiger charge is 2.07. The summed E-state index contributed by atoms with van der Waals surface area (Å²) in [6, 6.07) is 7.63. The average Bonchev–Trinajstić information content (AvgIpc) is 3.13. The maximum absolute atomic E-state index is 5.31. The summed E-state index contributed by atoms with van der Waals surface area (Å²) >= 11 is 0. The van der Waals surface area contributed by atoms with E-state index in [-0.39, 0.29) is 0 Å². The fourth-order valence-electron chi connectivity index (χ4n) is 2.16. The molecule has 1 heterocycles. The lowest BCUT2D eigenvalue weighted by Gasteiger charge is -2.10. The molecule has 8 nitrogen and oxygen atoms in total. The second kappa shape index (κ2) is 10.3. The molecule has 25 heavy (non-hydrogen) atoms. The van der Waals surface area contributed by atoms with Crippen molar-refractivity contribution in [2.45, 2.75) is 19.9 Å². The SMILES string of the molecule is CCOCCCNC(=NC)NCc1nc(-c2ccc(OC)cc2)n[nH]1. The number of hydrogen-bond donors (Lipinski definition) is 3. The highest BCUT2D eigenvalue weighted by molar-refractivity contribution is 5.79. The minimum absolute atomic E-state index is 0.508. The molecule has 8 heteroatoms. The van der Waals surface area contributed by atoms with Crippen molar-refractivity contribution in [3.8, 4) is 17.1 Å². The van der Waals surface area contributed by atoms with Crippen LogP contribution in [0, 0.1) is 0 Å². The summed E-state index contributed by atoms with van der Waals surface area (Å²) in [5.41, 5.74) is 0.932. The molecule has 1 aromatic heterocycles. The van der Waals surface area contributed by atoms with Crippen LogP contribution >= 0.6 is 0 Å². The molecule has 0 spiro atoms. The van der Waals surface area contributed by atoms with Gasteiger partial charge in [0.15, 0.2) is 11.8 Å². The molecule has 0 radical (unpaired) electrons. The number of methoxy groups -OCH3 is 1. The Labute approximate surface area is 148 Å². The summed E-state index contributed by atoms with van der Waals surface area (Å²) < 4.78 is 10.5. The predicted octanol–water partition coefficient (Wildman–Crippen LogP) is 1.57. The Morgan fingerprint density at radius 1 is 1.24 bits per heavy atom. The fourth-order valence-corrected chi connectivity index (χ4v) is 2.16. The summed E-state index contributed by atoms with van der Waals surface area (Å²) in [6.07, 6.45) is 0.929. The third kappa shape index (κ3) is 6.07. The number of aliphatic imine (C=N–C) groups is 1. The zero-order valence-corrected chi connectivity index (χ0v) is 15.0. The first kappa shape index (κ1) is 18.7. The van der Waals surface area contributed by atoms with E-state index in [1.54, 1.807) is 14.2 Å². The molecule has 136 valence electrons. The Morgan fingerprint density at radius 2 is 2.04 bits per heavy atom. The molecule has 2 aromatic rings. The molecule has 0 saturated carbocycles. The van der Waals surface area contributed by atoms with Crippen molar-refractivity contribution < 1.29 is 9.47 Å². The van der Waals surface area contributed by atoms with Crippen LogP contribution in [0.4, 0.5) is 0 Å². The van der Waals surface area contributed by atoms with E-state index in [1.165, 1.54) is 0 Å². The number of aromatic amines is 1. The molecule has 0 saturated heterocycles. The van der Waals surface area contributed by atoms with E-state index >= 15 is 0 Å². The number of rotatable bonds is 9. The van der Waals surface area contributed by atoms with Gasteiger partial charge in [0.2, 0.25) is 0 Å². The average molecular weight is 346 g/mol. The standard InChI is InChI=1S/C17H26N6O2/c1-4-25-11-5-10-19-17(18-2)20-12-15-21-16(23-22-15)13-6-8-14(24-3)9-7-13/h6-9H,4-5,10-12H2,1-3H3,(H2,18,19,20)(H,21,22,23). The Hall–Kier alpha value is -2.61. The first-order chi connectivity index (χ1) is 12.3. The van der Waals surface area contributed by atoms with Crippen LogP contribution in [0.25, 0.3) is 11.4 Å². The van der Waals surface area contributed by atoms with Crippen molar-refractivity contribution in [2.75, 3.05) is 33.9 Å². The van der Waals surface area contributed by atoms with Crippen LogP contribution in [0.5, 0.6) is 5.75 Å². The molecule has 0 bridgehead atoms. The van der Waals surface area contributed by atoms with Crippen LogP contribution in [0.15, 0.2) is 29.3 Å². The van der Waals surface area contributed by atoms with Gasteiger partial charge in [-0.3, -0.25) is 10.1 Å². The molecular weight excluding hydrogens is 320 g/mol. The minimum Gasteiger partial charge on any atom is -0.497 e. The molecule has 0 aliphatic rings. The van der Waals surface area contributed by atoms with Gasteiger partial charge in [-0.25, -0.2) is 4.98 Å². The van der Waals surface area contributed by atoms with Crippen LogP contribution in [-0.2, 0) is 11.3 Å². The van der Waals surface area contributed by atoms with E-state index in [4.69, 9.17) is 9.47 Å². The van der Waals surface area contributed by atoms with Gasteiger partial charge in [-0.2, -0.15) is 5.10 Å². The molecule has 3 N–H and O–H groups in total. The van der Waals surface area contributed by atoms with Gasteiger partial charge in [0.05, 0.1) is 13.7 Å². The van der Waals surface area contributed by atoms with Crippen LogP contribution < -0.4 is 15.4 Å².